The van der Waals surface area contributed by atoms with Crippen LogP contribution in [0.5, 0.6) is 0 Å². The van der Waals surface area contributed by atoms with Gasteiger partial charge in [0.2, 0.25) is 10.0 Å². The van der Waals surface area contributed by atoms with Crippen LogP contribution in [0.1, 0.15) is 21.5 Å². The molecule has 1 unspecified atom stereocenters. The topological polar surface area (TPSA) is 37.4 Å². The summed E-state index contributed by atoms with van der Waals surface area (Å²) in [6.45, 7) is 2.91. The second-order valence-corrected chi connectivity index (χ2v) is 8.64. The Labute approximate surface area is 140 Å². The second kappa shape index (κ2) is 6.14. The van der Waals surface area contributed by atoms with E-state index in [2.05, 4.69) is 28.1 Å². The van der Waals surface area contributed by atoms with Gasteiger partial charge in [-0.05, 0) is 36.6 Å². The van der Waals surface area contributed by atoms with E-state index in [1.807, 2.05) is 31.2 Å². The van der Waals surface area contributed by atoms with Crippen LogP contribution in [0.4, 0.5) is 0 Å². The third-order valence-corrected chi connectivity index (χ3v) is 6.71. The van der Waals surface area contributed by atoms with Crippen LogP contribution in [0.2, 0.25) is 0 Å². The average Bonchev–Trinajstić information content (AvgIpc) is 2.68. The lowest BCUT2D eigenvalue weighted by Gasteiger charge is -2.22. The summed E-state index contributed by atoms with van der Waals surface area (Å²) in [4.78, 5) is 0.384. The first-order valence-corrected chi connectivity index (χ1v) is 9.63. The summed E-state index contributed by atoms with van der Waals surface area (Å²) in [5.41, 5.74) is 3.45. The summed E-state index contributed by atoms with van der Waals surface area (Å²) < 4.78 is 27.3. The molecule has 2 aromatic carbocycles. The third-order valence-electron chi connectivity index (χ3n) is 4.05. The average molecular weight is 380 g/mol. The maximum absolute atomic E-state index is 12.9. The number of rotatable bonds is 2. The minimum absolute atomic E-state index is 0.0198. The zero-order valence-electron chi connectivity index (χ0n) is 12.4. The largest absolute Gasteiger partial charge is 0.243 e. The minimum Gasteiger partial charge on any atom is -0.207 e. The predicted molar refractivity (Wildman–Crippen MR) is 91.8 cm³/mol. The van der Waals surface area contributed by atoms with Gasteiger partial charge >= 0.3 is 0 Å². The molecule has 0 bridgehead atoms. The zero-order valence-corrected chi connectivity index (χ0v) is 14.8. The van der Waals surface area contributed by atoms with Crippen LogP contribution in [-0.2, 0) is 16.4 Å². The third kappa shape index (κ3) is 2.98. The first-order chi connectivity index (χ1) is 10.5. The van der Waals surface area contributed by atoms with Gasteiger partial charge < -0.3 is 0 Å². The number of hydrogen-bond acceptors (Lipinski definition) is 2. The fourth-order valence-electron chi connectivity index (χ4n) is 2.76. The molecule has 0 saturated carbocycles. The molecule has 3 rings (SSSR count). The van der Waals surface area contributed by atoms with Crippen molar-refractivity contribution in [3.63, 3.8) is 0 Å². The van der Waals surface area contributed by atoms with Gasteiger partial charge in [0, 0.05) is 13.1 Å². The Hall–Kier alpha value is -1.17. The van der Waals surface area contributed by atoms with Gasteiger partial charge in [-0.25, -0.2) is 8.42 Å². The molecular weight excluding hydrogens is 362 g/mol. The van der Waals surface area contributed by atoms with E-state index in [4.69, 9.17) is 0 Å². The van der Waals surface area contributed by atoms with E-state index in [9.17, 15) is 8.42 Å². The Bertz CT molecular complexity index is 772. The number of halogens is 1. The normalized spacial score (nSPS) is 19.5. The van der Waals surface area contributed by atoms with E-state index in [0.29, 0.717) is 18.0 Å². The molecular formula is C17H18BrNO2S. The van der Waals surface area contributed by atoms with Crippen molar-refractivity contribution in [1.82, 2.24) is 4.31 Å². The van der Waals surface area contributed by atoms with E-state index in [1.54, 1.807) is 16.4 Å². The lowest BCUT2D eigenvalue weighted by atomic mass is 10.0. The molecule has 0 fully saturated rings. The van der Waals surface area contributed by atoms with Gasteiger partial charge in [0.25, 0.3) is 0 Å². The van der Waals surface area contributed by atoms with Crippen LogP contribution in [0, 0.1) is 6.92 Å². The first-order valence-electron chi connectivity index (χ1n) is 7.27. The quantitative estimate of drug-likeness (QED) is 0.746. The lowest BCUT2D eigenvalue weighted by Crippen LogP contribution is -2.33. The van der Waals surface area contributed by atoms with E-state index in [0.717, 1.165) is 12.0 Å². The molecule has 0 spiro atoms. The summed E-state index contributed by atoms with van der Waals surface area (Å²) in [5.74, 6) is 0. The Morgan fingerprint density at radius 3 is 2.50 bits per heavy atom. The van der Waals surface area contributed by atoms with E-state index in [1.165, 1.54) is 11.1 Å². The van der Waals surface area contributed by atoms with Gasteiger partial charge in [0.1, 0.15) is 0 Å². The van der Waals surface area contributed by atoms with Crippen molar-refractivity contribution in [2.75, 3.05) is 13.1 Å². The molecule has 22 heavy (non-hydrogen) atoms. The molecule has 1 atom stereocenters. The Balaban J connectivity index is 1.92. The molecule has 0 saturated heterocycles. The fourth-order valence-corrected chi connectivity index (χ4v) is 5.20. The van der Waals surface area contributed by atoms with Crippen LogP contribution in [0.25, 0.3) is 0 Å². The number of benzene rings is 2. The molecule has 3 nitrogen and oxygen atoms in total. The summed E-state index contributed by atoms with van der Waals surface area (Å²) in [5, 5.41) is 0. The first kappa shape index (κ1) is 15.7. The highest BCUT2D eigenvalue weighted by Gasteiger charge is 2.29. The van der Waals surface area contributed by atoms with E-state index < -0.39 is 10.0 Å². The maximum Gasteiger partial charge on any atom is 0.243 e. The van der Waals surface area contributed by atoms with Crippen LogP contribution >= 0.6 is 15.9 Å². The SMILES string of the molecule is Cc1ccc(S(=O)(=O)N2CCc3ccccc3C(Br)C2)cc1. The molecule has 1 aliphatic heterocycles. The van der Waals surface area contributed by atoms with Crippen LogP contribution in [0.15, 0.2) is 53.4 Å². The number of sulfonamides is 1. The number of fused-ring (bicyclic) bond motifs is 1. The maximum atomic E-state index is 12.9. The minimum atomic E-state index is -3.45. The van der Waals surface area contributed by atoms with Gasteiger partial charge in [0.15, 0.2) is 0 Å². The van der Waals surface area contributed by atoms with Crippen molar-refractivity contribution >= 4 is 26.0 Å². The Kier molecular flexibility index (Phi) is 4.39. The number of alkyl halides is 1. The second-order valence-electron chi connectivity index (χ2n) is 5.59. The summed E-state index contributed by atoms with van der Waals surface area (Å²) >= 11 is 3.65. The van der Waals surface area contributed by atoms with Crippen molar-refractivity contribution in [1.29, 1.82) is 0 Å². The smallest absolute Gasteiger partial charge is 0.207 e. The molecule has 0 aliphatic carbocycles. The van der Waals surface area contributed by atoms with Gasteiger partial charge in [0.05, 0.1) is 9.72 Å². The van der Waals surface area contributed by atoms with Crippen LogP contribution in [0.3, 0.4) is 0 Å². The van der Waals surface area contributed by atoms with Crippen LogP contribution < -0.4 is 0 Å². The van der Waals surface area contributed by atoms with Crippen molar-refractivity contribution in [2.24, 2.45) is 0 Å². The Morgan fingerprint density at radius 2 is 1.77 bits per heavy atom. The summed E-state index contributed by atoms with van der Waals surface area (Å²) in [7, 11) is -3.45. The van der Waals surface area contributed by atoms with Crippen LogP contribution in [-0.4, -0.2) is 25.8 Å². The highest BCUT2D eigenvalue weighted by atomic mass is 79.9. The van der Waals surface area contributed by atoms with Crippen molar-refractivity contribution < 1.29 is 8.42 Å². The van der Waals surface area contributed by atoms with Gasteiger partial charge in [-0.15, -0.1) is 0 Å². The molecule has 0 N–H and O–H groups in total. The molecule has 2 aromatic rings. The van der Waals surface area contributed by atoms with Gasteiger partial charge in [-0.1, -0.05) is 57.9 Å². The number of aryl methyl sites for hydroxylation is 1. The number of nitrogens with zero attached hydrogens (tertiary/aromatic N) is 1. The Morgan fingerprint density at radius 1 is 1.09 bits per heavy atom. The van der Waals surface area contributed by atoms with Crippen molar-refractivity contribution in [3.05, 3.63) is 65.2 Å². The molecule has 0 aromatic heterocycles. The fraction of sp³-hybridized carbons (Fsp3) is 0.294. The van der Waals surface area contributed by atoms with Crippen molar-refractivity contribution in [3.8, 4) is 0 Å². The predicted octanol–water partition coefficient (Wildman–Crippen LogP) is 3.68. The van der Waals surface area contributed by atoms with E-state index >= 15 is 0 Å². The van der Waals surface area contributed by atoms with Crippen molar-refractivity contribution in [2.45, 2.75) is 23.1 Å². The van der Waals surface area contributed by atoms with Gasteiger partial charge in [-0.3, -0.25) is 0 Å². The highest BCUT2D eigenvalue weighted by molar-refractivity contribution is 9.09. The van der Waals surface area contributed by atoms with E-state index in [-0.39, 0.29) is 4.83 Å². The number of hydrogen-bond donors (Lipinski definition) is 0. The molecule has 5 heteroatoms. The summed E-state index contributed by atoms with van der Waals surface area (Å²) in [6, 6.07) is 15.2. The molecule has 1 heterocycles. The standard InChI is InChI=1S/C17H18BrNO2S/c1-13-6-8-15(9-7-13)22(20,21)19-11-10-14-4-2-3-5-16(14)17(18)12-19/h2-9,17H,10-12H2,1H3. The molecule has 0 amide bonds. The lowest BCUT2D eigenvalue weighted by molar-refractivity contribution is 0.425. The monoisotopic (exact) mass is 379 g/mol. The highest BCUT2D eigenvalue weighted by Crippen LogP contribution is 2.32. The van der Waals surface area contributed by atoms with Gasteiger partial charge in [-0.2, -0.15) is 4.31 Å². The zero-order chi connectivity index (χ0) is 15.7. The molecule has 0 radical (unpaired) electrons. The molecule has 116 valence electrons. The summed E-state index contributed by atoms with van der Waals surface area (Å²) in [6.07, 6.45) is 0.739. The molecule has 1 aliphatic rings.